The van der Waals surface area contributed by atoms with E-state index in [-0.39, 0.29) is 0 Å². The van der Waals surface area contributed by atoms with Crippen LogP contribution in [0.25, 0.3) is 6.08 Å². The Hall–Kier alpha value is -2.56. The topological polar surface area (TPSA) is 79.5 Å². The van der Waals surface area contributed by atoms with Crippen LogP contribution in [0.4, 0.5) is 11.4 Å². The van der Waals surface area contributed by atoms with Gasteiger partial charge in [0.25, 0.3) is 0 Å². The van der Waals surface area contributed by atoms with Gasteiger partial charge in [0.15, 0.2) is 0 Å². The molecule has 5 nitrogen and oxygen atoms in total. The van der Waals surface area contributed by atoms with E-state index in [1.165, 1.54) is 6.20 Å². The van der Waals surface area contributed by atoms with Crippen molar-refractivity contribution < 1.29 is 4.79 Å². The van der Waals surface area contributed by atoms with Gasteiger partial charge in [-0.2, -0.15) is 0 Å². The molecule has 0 saturated heterocycles. The molecule has 0 unspecified atom stereocenters. The summed E-state index contributed by atoms with van der Waals surface area (Å²) in [5.74, 6) is 0. The highest BCUT2D eigenvalue weighted by Crippen LogP contribution is 2.27. The zero-order chi connectivity index (χ0) is 15.5. The third-order valence-corrected chi connectivity index (χ3v) is 2.86. The van der Waals surface area contributed by atoms with Crippen LogP contribution in [0.3, 0.4) is 0 Å². The lowest BCUT2D eigenvalue weighted by Crippen LogP contribution is -2.06. The monoisotopic (exact) mass is 286 g/mol. The normalized spacial score (nSPS) is 12.0. The molecule has 0 aromatic heterocycles. The summed E-state index contributed by atoms with van der Waals surface area (Å²) in [6, 6.07) is 5.95. The van der Waals surface area contributed by atoms with E-state index < -0.39 is 0 Å². The van der Waals surface area contributed by atoms with Crippen LogP contribution in [0.1, 0.15) is 12.0 Å². The lowest BCUT2D eigenvalue weighted by atomic mass is 10.1. The van der Waals surface area contributed by atoms with Gasteiger partial charge in [0.2, 0.25) is 0 Å². The van der Waals surface area contributed by atoms with E-state index in [9.17, 15) is 4.79 Å². The van der Waals surface area contributed by atoms with Gasteiger partial charge >= 0.3 is 0 Å². The van der Waals surface area contributed by atoms with Crippen LogP contribution in [0, 0.1) is 0 Å². The Morgan fingerprint density at radius 1 is 1.43 bits per heavy atom. The van der Waals surface area contributed by atoms with E-state index in [1.807, 2.05) is 37.4 Å². The number of nitrogens with two attached hydrogens (primary N) is 1. The molecule has 0 radical (unpaired) electrons. The predicted octanol–water partition coefficient (Wildman–Crippen LogP) is 2.29. The Bertz CT molecular complexity index is 547. The fraction of sp³-hybridized carbons (Fsp3) is 0.250. The maximum Gasteiger partial charge on any atom is 0.121 e. The third kappa shape index (κ3) is 5.14. The van der Waals surface area contributed by atoms with E-state index in [2.05, 4.69) is 15.6 Å². The van der Waals surface area contributed by atoms with Crippen molar-refractivity contribution >= 4 is 30.0 Å². The Morgan fingerprint density at radius 2 is 2.24 bits per heavy atom. The van der Waals surface area contributed by atoms with Crippen LogP contribution >= 0.6 is 0 Å². The number of aldehydes is 1. The minimum Gasteiger partial charge on any atom is -0.404 e. The van der Waals surface area contributed by atoms with Gasteiger partial charge in [-0.3, -0.25) is 4.99 Å². The van der Waals surface area contributed by atoms with E-state index in [0.29, 0.717) is 13.0 Å². The van der Waals surface area contributed by atoms with E-state index >= 15 is 0 Å². The van der Waals surface area contributed by atoms with Crippen LogP contribution in [0.5, 0.6) is 0 Å². The number of benzene rings is 1. The largest absolute Gasteiger partial charge is 0.404 e. The highest BCUT2D eigenvalue weighted by molar-refractivity contribution is 5.86. The number of nitrogens with one attached hydrogen (secondary N) is 2. The lowest BCUT2D eigenvalue weighted by molar-refractivity contribution is -0.107. The first kappa shape index (κ1) is 16.5. The third-order valence-electron chi connectivity index (χ3n) is 2.86. The number of carbonyl (C=O) groups excluding carboxylic acids is 1. The van der Waals surface area contributed by atoms with Gasteiger partial charge in [0.05, 0.1) is 11.4 Å². The van der Waals surface area contributed by atoms with E-state index in [1.54, 1.807) is 13.3 Å². The van der Waals surface area contributed by atoms with Crippen molar-refractivity contribution in [3.8, 4) is 0 Å². The molecule has 4 N–H and O–H groups in total. The first-order valence-electron chi connectivity index (χ1n) is 6.77. The number of allylic oxidation sites excluding steroid dienone is 2. The summed E-state index contributed by atoms with van der Waals surface area (Å²) in [5.41, 5.74) is 9.32. The lowest BCUT2D eigenvalue weighted by Gasteiger charge is -2.14. The summed E-state index contributed by atoms with van der Waals surface area (Å²) in [6.45, 7) is 0.596. The standard InChI is InChI=1S/C16H22N4O/c1-18-12-13(11-17)7-8-14-5-3-6-15(19-2)16(14)20-9-4-10-21/h3,5-8,10-12,19-20H,4,9,17H2,1-2H3/b8-7+,13-11?,18-12?. The smallest absolute Gasteiger partial charge is 0.121 e. The van der Waals surface area contributed by atoms with Crippen molar-refractivity contribution in [3.63, 3.8) is 0 Å². The second kappa shape index (κ2) is 9.36. The van der Waals surface area contributed by atoms with Crippen molar-refractivity contribution in [2.45, 2.75) is 6.42 Å². The number of para-hydroxylation sites is 1. The van der Waals surface area contributed by atoms with E-state index in [0.717, 1.165) is 28.8 Å². The van der Waals surface area contributed by atoms with Crippen molar-refractivity contribution in [3.05, 3.63) is 41.6 Å². The minimum absolute atomic E-state index is 0.470. The first-order valence-corrected chi connectivity index (χ1v) is 6.77. The second-order valence-electron chi connectivity index (χ2n) is 4.29. The van der Waals surface area contributed by atoms with Gasteiger partial charge in [-0.25, -0.2) is 0 Å². The molecule has 0 aliphatic rings. The number of anilines is 2. The Labute approximate surface area is 125 Å². The molecule has 1 aromatic rings. The van der Waals surface area contributed by atoms with Gasteiger partial charge < -0.3 is 21.2 Å². The fourth-order valence-electron chi connectivity index (χ4n) is 1.85. The molecule has 1 aromatic carbocycles. The SMILES string of the molecule is CN=CC(=CN)/C=C/c1cccc(NC)c1NCCC=O. The summed E-state index contributed by atoms with van der Waals surface area (Å²) in [4.78, 5) is 14.4. The van der Waals surface area contributed by atoms with Crippen molar-refractivity contribution in [2.75, 3.05) is 31.3 Å². The van der Waals surface area contributed by atoms with Gasteiger partial charge in [-0.05, 0) is 11.6 Å². The molecular weight excluding hydrogens is 264 g/mol. The van der Waals surface area contributed by atoms with Crippen LogP contribution in [0.2, 0.25) is 0 Å². The van der Waals surface area contributed by atoms with Crippen LogP contribution in [0.15, 0.2) is 41.0 Å². The van der Waals surface area contributed by atoms with E-state index in [4.69, 9.17) is 5.73 Å². The van der Waals surface area contributed by atoms with Crippen molar-refractivity contribution in [1.29, 1.82) is 0 Å². The summed E-state index contributed by atoms with van der Waals surface area (Å²) in [7, 11) is 3.56. The zero-order valence-corrected chi connectivity index (χ0v) is 12.5. The molecule has 0 spiro atoms. The molecule has 0 bridgehead atoms. The molecule has 0 aliphatic heterocycles. The quantitative estimate of drug-likeness (QED) is 0.296. The molecule has 0 heterocycles. The molecule has 1 rings (SSSR count). The maximum atomic E-state index is 10.5. The summed E-state index contributed by atoms with van der Waals surface area (Å²) < 4.78 is 0. The van der Waals surface area contributed by atoms with Gasteiger partial charge in [-0.15, -0.1) is 0 Å². The predicted molar refractivity (Wildman–Crippen MR) is 90.9 cm³/mol. The molecule has 0 saturated carbocycles. The highest BCUT2D eigenvalue weighted by atomic mass is 16.1. The number of nitrogens with zero attached hydrogens (tertiary/aromatic N) is 1. The summed E-state index contributed by atoms with van der Waals surface area (Å²) >= 11 is 0. The molecule has 5 heteroatoms. The van der Waals surface area contributed by atoms with Crippen LogP contribution in [-0.4, -0.2) is 33.1 Å². The number of carbonyl (C=O) groups is 1. The maximum absolute atomic E-state index is 10.5. The van der Waals surface area contributed by atoms with Gasteiger partial charge in [0.1, 0.15) is 6.29 Å². The first-order chi connectivity index (χ1) is 10.3. The molecule has 0 atom stereocenters. The number of rotatable bonds is 8. The zero-order valence-electron chi connectivity index (χ0n) is 12.5. The van der Waals surface area contributed by atoms with Crippen LogP contribution < -0.4 is 16.4 Å². The Morgan fingerprint density at radius 3 is 2.86 bits per heavy atom. The Kier molecular flexibility index (Phi) is 7.35. The molecular formula is C16H22N4O. The minimum atomic E-state index is 0.470. The Balaban J connectivity index is 3.04. The molecule has 112 valence electrons. The fourth-order valence-corrected chi connectivity index (χ4v) is 1.85. The highest BCUT2D eigenvalue weighted by Gasteiger charge is 2.04. The molecule has 0 aliphatic carbocycles. The van der Waals surface area contributed by atoms with Gasteiger partial charge in [0, 0.05) is 45.0 Å². The van der Waals surface area contributed by atoms with Crippen molar-refractivity contribution in [1.82, 2.24) is 0 Å². The summed E-state index contributed by atoms with van der Waals surface area (Å²) in [5, 5.41) is 6.42. The van der Waals surface area contributed by atoms with Crippen LogP contribution in [-0.2, 0) is 4.79 Å². The second-order valence-corrected chi connectivity index (χ2v) is 4.29. The number of hydrogen-bond donors (Lipinski definition) is 3. The summed E-state index contributed by atoms with van der Waals surface area (Å²) in [6.07, 6.45) is 8.43. The molecule has 0 amide bonds. The molecule has 21 heavy (non-hydrogen) atoms. The van der Waals surface area contributed by atoms with Crippen molar-refractivity contribution in [2.24, 2.45) is 10.7 Å². The average molecular weight is 286 g/mol. The average Bonchev–Trinajstić information content (AvgIpc) is 2.52. The molecule has 0 fully saturated rings. The number of aliphatic imine (C=N–C) groups is 1. The number of hydrogen-bond acceptors (Lipinski definition) is 5. The van der Waals surface area contributed by atoms with Gasteiger partial charge in [-0.1, -0.05) is 24.3 Å².